The van der Waals surface area contributed by atoms with E-state index < -0.39 is 25.5 Å². The molecule has 20 heavy (non-hydrogen) atoms. The molecule has 0 amide bonds. The molecule has 0 saturated carbocycles. The Morgan fingerprint density at radius 3 is 2.65 bits per heavy atom. The number of hydrogen-bond donors (Lipinski definition) is 3. The molecule has 0 bridgehead atoms. The average Bonchev–Trinajstić information content (AvgIpc) is 2.90. The van der Waals surface area contributed by atoms with Gasteiger partial charge in [-0.2, -0.15) is 0 Å². The molecule has 2 rings (SSSR count). The van der Waals surface area contributed by atoms with E-state index >= 15 is 0 Å². The van der Waals surface area contributed by atoms with Gasteiger partial charge in [0.1, 0.15) is 12.0 Å². The Balaban J connectivity index is 2.51. The number of hydrogen-bond acceptors (Lipinski definition) is 8. The zero-order valence-corrected chi connectivity index (χ0v) is 10.6. The molecular weight excluding hydrogens is 290 g/mol. The fraction of sp³-hybridized carbons (Fsp3) is 0. The van der Waals surface area contributed by atoms with Gasteiger partial charge in [0, 0.05) is 6.07 Å². The maximum absolute atomic E-state index is 12.1. The third-order valence-electron chi connectivity index (χ3n) is 2.30. The van der Waals surface area contributed by atoms with E-state index in [1.54, 1.807) is 0 Å². The number of nitrogens with zero attached hydrogens (tertiary/aromatic N) is 2. The Labute approximate surface area is 112 Å². The number of hydrazine groups is 1. The summed E-state index contributed by atoms with van der Waals surface area (Å²) in [5, 5.41) is 14.2. The van der Waals surface area contributed by atoms with Crippen molar-refractivity contribution < 1.29 is 17.9 Å². The largest absolute Gasteiger partial charge is 0.362 e. The van der Waals surface area contributed by atoms with Crippen LogP contribution >= 0.6 is 0 Å². The fourth-order valence-electron chi connectivity index (χ4n) is 1.44. The van der Waals surface area contributed by atoms with Crippen molar-refractivity contribution >= 4 is 27.1 Å². The molecule has 0 atom stereocenters. The summed E-state index contributed by atoms with van der Waals surface area (Å²) in [4.78, 5) is 9.57. The summed E-state index contributed by atoms with van der Waals surface area (Å²) in [5.41, 5.74) is 1.90. The van der Waals surface area contributed by atoms with Crippen LogP contribution in [0.25, 0.3) is 0 Å². The van der Waals surface area contributed by atoms with E-state index in [9.17, 15) is 18.5 Å². The van der Waals surface area contributed by atoms with Crippen molar-refractivity contribution in [2.45, 2.75) is 4.90 Å². The Bertz CT molecular complexity index is 727. The minimum absolute atomic E-state index is 0.0467. The number of nitro benzene ring substituents is 1. The van der Waals surface area contributed by atoms with Crippen molar-refractivity contribution in [1.29, 1.82) is 0 Å². The minimum Gasteiger partial charge on any atom is -0.362 e. The predicted molar refractivity (Wildman–Crippen MR) is 68.2 cm³/mol. The van der Waals surface area contributed by atoms with Gasteiger partial charge >= 0.3 is 0 Å². The first-order valence-electron chi connectivity index (χ1n) is 5.11. The number of nitro groups is 1. The number of anilines is 2. The van der Waals surface area contributed by atoms with E-state index in [-0.39, 0.29) is 11.4 Å². The highest BCUT2D eigenvalue weighted by molar-refractivity contribution is 7.92. The lowest BCUT2D eigenvalue weighted by molar-refractivity contribution is -0.387. The van der Waals surface area contributed by atoms with Crippen LogP contribution in [-0.4, -0.2) is 18.5 Å². The quantitative estimate of drug-likeness (QED) is 0.413. The maximum Gasteiger partial charge on any atom is 0.290 e. The first-order valence-corrected chi connectivity index (χ1v) is 6.59. The van der Waals surface area contributed by atoms with Gasteiger partial charge in [0.05, 0.1) is 16.8 Å². The number of sulfonamides is 1. The van der Waals surface area contributed by atoms with E-state index in [0.717, 1.165) is 24.6 Å². The number of nitrogens with one attached hydrogen (secondary N) is 2. The normalized spacial score (nSPS) is 11.1. The van der Waals surface area contributed by atoms with E-state index in [2.05, 4.69) is 19.8 Å². The maximum atomic E-state index is 12.1. The van der Waals surface area contributed by atoms with Crippen LogP contribution < -0.4 is 16.0 Å². The summed E-state index contributed by atoms with van der Waals surface area (Å²) >= 11 is 0. The van der Waals surface area contributed by atoms with Crippen LogP contribution in [0.2, 0.25) is 0 Å². The standard InChI is InChI=1S/C9H9N5O5S/c10-12-6-1-2-8(14(15)16)9(3-6)20(17,18)13-7-4-11-19-5-7/h1-5,12-13H,10H2. The third kappa shape index (κ3) is 2.67. The van der Waals surface area contributed by atoms with Crippen molar-refractivity contribution in [3.8, 4) is 0 Å². The molecule has 4 N–H and O–H groups in total. The molecule has 0 aliphatic rings. The second-order valence-corrected chi connectivity index (χ2v) is 5.25. The van der Waals surface area contributed by atoms with Crippen LogP contribution in [0.15, 0.2) is 40.1 Å². The van der Waals surface area contributed by atoms with Crippen LogP contribution in [0.5, 0.6) is 0 Å². The highest BCUT2D eigenvalue weighted by atomic mass is 32.2. The number of rotatable bonds is 5. The first kappa shape index (κ1) is 13.8. The van der Waals surface area contributed by atoms with Gasteiger partial charge in [0.2, 0.25) is 0 Å². The van der Waals surface area contributed by atoms with Gasteiger partial charge in [0.15, 0.2) is 4.90 Å². The third-order valence-corrected chi connectivity index (χ3v) is 3.71. The molecule has 1 heterocycles. The minimum atomic E-state index is -4.18. The Morgan fingerprint density at radius 2 is 2.10 bits per heavy atom. The molecule has 11 heteroatoms. The molecule has 0 unspecified atom stereocenters. The van der Waals surface area contributed by atoms with Crippen molar-refractivity contribution in [2.24, 2.45) is 5.84 Å². The number of aromatic nitrogens is 1. The van der Waals surface area contributed by atoms with Crippen LogP contribution in [0, 0.1) is 10.1 Å². The highest BCUT2D eigenvalue weighted by Gasteiger charge is 2.26. The van der Waals surface area contributed by atoms with Gasteiger partial charge in [-0.3, -0.25) is 20.7 Å². The summed E-state index contributed by atoms with van der Waals surface area (Å²) in [5.74, 6) is 5.16. The van der Waals surface area contributed by atoms with Crippen LogP contribution in [0.4, 0.5) is 17.1 Å². The molecule has 0 spiro atoms. The lowest BCUT2D eigenvalue weighted by Gasteiger charge is -2.08. The Hall–Kier alpha value is -2.66. The molecular formula is C9H9N5O5S. The second kappa shape index (κ2) is 5.14. The van der Waals surface area contributed by atoms with E-state index in [0.29, 0.717) is 0 Å². The summed E-state index contributed by atoms with van der Waals surface area (Å²) in [6, 6.07) is 3.38. The van der Waals surface area contributed by atoms with Gasteiger partial charge in [-0.15, -0.1) is 0 Å². The van der Waals surface area contributed by atoms with Crippen molar-refractivity contribution in [2.75, 3.05) is 10.1 Å². The van der Waals surface area contributed by atoms with E-state index in [1.165, 1.54) is 6.07 Å². The van der Waals surface area contributed by atoms with E-state index in [4.69, 9.17) is 5.84 Å². The molecule has 0 aliphatic heterocycles. The summed E-state index contributed by atoms with van der Waals surface area (Å²) in [6.45, 7) is 0. The Morgan fingerprint density at radius 1 is 1.35 bits per heavy atom. The van der Waals surface area contributed by atoms with Gasteiger partial charge in [-0.1, -0.05) is 5.16 Å². The highest BCUT2D eigenvalue weighted by Crippen LogP contribution is 2.28. The lowest BCUT2D eigenvalue weighted by Crippen LogP contribution is -2.15. The zero-order valence-electron chi connectivity index (χ0n) is 9.81. The molecule has 0 saturated heterocycles. The second-order valence-electron chi connectivity index (χ2n) is 3.60. The molecule has 0 fully saturated rings. The zero-order chi connectivity index (χ0) is 14.8. The summed E-state index contributed by atoms with van der Waals surface area (Å²) in [7, 11) is -4.18. The van der Waals surface area contributed by atoms with Crippen molar-refractivity contribution in [3.05, 3.63) is 40.8 Å². The topological polar surface area (TPSA) is 153 Å². The van der Waals surface area contributed by atoms with Crippen LogP contribution in [-0.2, 0) is 10.0 Å². The van der Waals surface area contributed by atoms with Gasteiger partial charge < -0.3 is 9.95 Å². The number of nitrogen functional groups attached to an aromatic ring is 1. The summed E-state index contributed by atoms with van der Waals surface area (Å²) < 4.78 is 30.9. The molecule has 1 aromatic carbocycles. The van der Waals surface area contributed by atoms with E-state index in [1.807, 2.05) is 0 Å². The SMILES string of the molecule is NNc1ccc([N+](=O)[O-])c(S(=O)(=O)Nc2cnoc2)c1. The molecule has 0 radical (unpaired) electrons. The smallest absolute Gasteiger partial charge is 0.290 e. The molecule has 2 aromatic rings. The lowest BCUT2D eigenvalue weighted by atomic mass is 10.3. The number of benzene rings is 1. The van der Waals surface area contributed by atoms with Crippen molar-refractivity contribution in [3.63, 3.8) is 0 Å². The predicted octanol–water partition coefficient (Wildman–Crippen LogP) is 0.669. The average molecular weight is 299 g/mol. The first-order chi connectivity index (χ1) is 9.44. The van der Waals surface area contributed by atoms with Crippen LogP contribution in [0.1, 0.15) is 0 Å². The molecule has 106 valence electrons. The van der Waals surface area contributed by atoms with Crippen molar-refractivity contribution in [1.82, 2.24) is 5.16 Å². The van der Waals surface area contributed by atoms with Gasteiger partial charge in [-0.05, 0) is 12.1 Å². The summed E-state index contributed by atoms with van der Waals surface area (Å²) in [6.07, 6.45) is 2.17. The monoisotopic (exact) mass is 299 g/mol. The molecule has 10 nitrogen and oxygen atoms in total. The molecule has 0 aliphatic carbocycles. The molecule has 1 aromatic heterocycles. The van der Waals surface area contributed by atoms with Crippen LogP contribution in [0.3, 0.4) is 0 Å². The fourth-order valence-corrected chi connectivity index (χ4v) is 2.66. The van der Waals surface area contributed by atoms with Gasteiger partial charge in [0.25, 0.3) is 15.7 Å². The Kier molecular flexibility index (Phi) is 3.54. The number of nitrogens with two attached hydrogens (primary N) is 1. The van der Waals surface area contributed by atoms with Gasteiger partial charge in [-0.25, -0.2) is 8.42 Å².